The summed E-state index contributed by atoms with van der Waals surface area (Å²) in [6.07, 6.45) is 2.41. The van der Waals surface area contributed by atoms with Crippen LogP contribution in [0.4, 0.5) is 0 Å². The van der Waals surface area contributed by atoms with Crippen molar-refractivity contribution in [2.24, 2.45) is 11.7 Å². The van der Waals surface area contributed by atoms with Crippen molar-refractivity contribution in [3.05, 3.63) is 35.4 Å². The summed E-state index contributed by atoms with van der Waals surface area (Å²) in [5.41, 5.74) is 8.00. The maximum atomic E-state index is 12.1. The zero-order valence-corrected chi connectivity index (χ0v) is 16.5. The number of carbonyl (C=O) groups excluding carboxylic acids is 1. The molecule has 3 N–H and O–H groups in total. The first-order chi connectivity index (χ1) is 11.1. The maximum absolute atomic E-state index is 12.1. The minimum atomic E-state index is -0.0211. The summed E-state index contributed by atoms with van der Waals surface area (Å²) in [6, 6.07) is 8.07. The number of rotatable bonds is 6. The summed E-state index contributed by atoms with van der Waals surface area (Å²) in [4.78, 5) is 17.0. The molecule has 0 aromatic heterocycles. The Labute approximate surface area is 163 Å². The summed E-state index contributed by atoms with van der Waals surface area (Å²) in [7, 11) is 2.17. The van der Waals surface area contributed by atoms with E-state index < -0.39 is 0 Å². The van der Waals surface area contributed by atoms with Gasteiger partial charge in [0.15, 0.2) is 0 Å². The van der Waals surface area contributed by atoms with E-state index in [0.717, 1.165) is 38.3 Å². The van der Waals surface area contributed by atoms with Crippen LogP contribution in [0, 0.1) is 5.92 Å². The van der Waals surface area contributed by atoms with E-state index in [1.165, 1.54) is 18.4 Å². The van der Waals surface area contributed by atoms with Gasteiger partial charge in [-0.05, 0) is 43.5 Å². The van der Waals surface area contributed by atoms with Crippen LogP contribution in [0.5, 0.6) is 0 Å². The van der Waals surface area contributed by atoms with Crippen molar-refractivity contribution in [1.82, 2.24) is 15.1 Å². The van der Waals surface area contributed by atoms with Gasteiger partial charge in [-0.15, -0.1) is 24.8 Å². The molecule has 0 radical (unpaired) electrons. The third-order valence-corrected chi connectivity index (χ3v) is 4.94. The number of hydrogen-bond acceptors (Lipinski definition) is 4. The van der Waals surface area contributed by atoms with E-state index in [1.54, 1.807) is 0 Å². The highest BCUT2D eigenvalue weighted by Crippen LogP contribution is 2.31. The highest BCUT2D eigenvalue weighted by Gasteiger charge is 2.28. The lowest BCUT2D eigenvalue weighted by Gasteiger charge is -2.32. The molecule has 1 amide bonds. The smallest absolute Gasteiger partial charge is 0.251 e. The number of nitrogens with zero attached hydrogens (tertiary/aromatic N) is 2. The van der Waals surface area contributed by atoms with Crippen molar-refractivity contribution in [2.45, 2.75) is 25.4 Å². The number of benzene rings is 1. The third-order valence-electron chi connectivity index (χ3n) is 4.94. The van der Waals surface area contributed by atoms with Crippen molar-refractivity contribution < 1.29 is 4.79 Å². The van der Waals surface area contributed by atoms with Crippen LogP contribution < -0.4 is 11.1 Å². The second-order valence-electron chi connectivity index (χ2n) is 6.99. The zero-order chi connectivity index (χ0) is 16.2. The van der Waals surface area contributed by atoms with Gasteiger partial charge in [0.25, 0.3) is 5.91 Å². The van der Waals surface area contributed by atoms with Crippen LogP contribution in [0.1, 0.15) is 28.8 Å². The average Bonchev–Trinajstić information content (AvgIpc) is 3.40. The predicted molar refractivity (Wildman–Crippen MR) is 107 cm³/mol. The van der Waals surface area contributed by atoms with E-state index >= 15 is 0 Å². The number of likely N-dealkylation sites (N-methyl/N-ethyl adjacent to an activating group) is 1. The second kappa shape index (κ2) is 10.3. The number of piperazine rings is 1. The summed E-state index contributed by atoms with van der Waals surface area (Å²) in [6.45, 7) is 6.01. The van der Waals surface area contributed by atoms with Crippen LogP contribution >= 0.6 is 24.8 Å². The van der Waals surface area contributed by atoms with Crippen molar-refractivity contribution in [2.75, 3.05) is 39.8 Å². The van der Waals surface area contributed by atoms with Crippen LogP contribution in [-0.2, 0) is 6.54 Å². The fourth-order valence-electron chi connectivity index (χ4n) is 3.03. The molecule has 2 aliphatic rings. The summed E-state index contributed by atoms with van der Waals surface area (Å²) in [5.74, 6) is 0.591. The topological polar surface area (TPSA) is 61.6 Å². The van der Waals surface area contributed by atoms with E-state index in [0.29, 0.717) is 12.5 Å². The van der Waals surface area contributed by atoms with E-state index in [9.17, 15) is 4.79 Å². The highest BCUT2D eigenvalue weighted by atomic mass is 35.5. The van der Waals surface area contributed by atoms with Gasteiger partial charge in [-0.1, -0.05) is 12.1 Å². The fraction of sp³-hybridized carbons (Fsp3) is 0.611. The average molecular weight is 389 g/mol. The van der Waals surface area contributed by atoms with Crippen LogP contribution in [0.3, 0.4) is 0 Å². The molecular weight excluding hydrogens is 359 g/mol. The molecule has 0 spiro atoms. The van der Waals surface area contributed by atoms with Crippen LogP contribution in [0.25, 0.3) is 0 Å². The predicted octanol–water partition coefficient (Wildman–Crippen LogP) is 1.74. The van der Waals surface area contributed by atoms with Crippen LogP contribution in [-0.4, -0.2) is 61.5 Å². The fourth-order valence-corrected chi connectivity index (χ4v) is 3.03. The Balaban J connectivity index is 0.00000156. The molecule has 1 heterocycles. The lowest BCUT2D eigenvalue weighted by atomic mass is 10.1. The third kappa shape index (κ3) is 6.76. The van der Waals surface area contributed by atoms with Gasteiger partial charge >= 0.3 is 0 Å². The lowest BCUT2D eigenvalue weighted by Crippen LogP contribution is -2.43. The molecule has 0 bridgehead atoms. The minimum Gasteiger partial charge on any atom is -0.350 e. The van der Waals surface area contributed by atoms with Gasteiger partial charge in [-0.25, -0.2) is 0 Å². The van der Waals surface area contributed by atoms with Gasteiger partial charge in [-0.3, -0.25) is 9.69 Å². The van der Waals surface area contributed by atoms with Gasteiger partial charge < -0.3 is 16.0 Å². The Bertz CT molecular complexity index is 528. The molecule has 5 nitrogen and oxygen atoms in total. The van der Waals surface area contributed by atoms with Gasteiger partial charge in [0, 0.05) is 50.9 Å². The molecular formula is C18H30Cl2N4O. The van der Waals surface area contributed by atoms with Crippen molar-refractivity contribution in [3.8, 4) is 0 Å². The van der Waals surface area contributed by atoms with Gasteiger partial charge in [-0.2, -0.15) is 0 Å². The first kappa shape index (κ1) is 22.2. The Hall–Kier alpha value is -0.850. The summed E-state index contributed by atoms with van der Waals surface area (Å²) in [5, 5.41) is 2.95. The van der Waals surface area contributed by atoms with Gasteiger partial charge in [0.2, 0.25) is 0 Å². The Kier molecular flexibility index (Phi) is 9.17. The molecule has 1 unspecified atom stereocenters. The van der Waals surface area contributed by atoms with E-state index in [2.05, 4.69) is 34.3 Å². The molecule has 1 saturated heterocycles. The van der Waals surface area contributed by atoms with Crippen molar-refractivity contribution >= 4 is 30.7 Å². The van der Waals surface area contributed by atoms with Gasteiger partial charge in [0.1, 0.15) is 0 Å². The summed E-state index contributed by atoms with van der Waals surface area (Å²) < 4.78 is 0. The quantitative estimate of drug-likeness (QED) is 0.778. The monoisotopic (exact) mass is 388 g/mol. The van der Waals surface area contributed by atoms with E-state index in [4.69, 9.17) is 5.73 Å². The Morgan fingerprint density at radius 1 is 1.16 bits per heavy atom. The molecule has 1 aliphatic heterocycles. The lowest BCUT2D eigenvalue weighted by molar-refractivity contribution is 0.0950. The number of amides is 1. The molecule has 7 heteroatoms. The first-order valence-corrected chi connectivity index (χ1v) is 8.65. The van der Waals surface area contributed by atoms with Crippen LogP contribution in [0.15, 0.2) is 24.3 Å². The normalized spacial score (nSPS) is 19.4. The molecule has 1 aromatic carbocycles. The molecule has 142 valence electrons. The molecule has 1 saturated carbocycles. The number of carbonyl (C=O) groups is 1. The van der Waals surface area contributed by atoms with Gasteiger partial charge in [0.05, 0.1) is 0 Å². The van der Waals surface area contributed by atoms with E-state index in [-0.39, 0.29) is 36.8 Å². The van der Waals surface area contributed by atoms with Crippen molar-refractivity contribution in [1.29, 1.82) is 0 Å². The maximum Gasteiger partial charge on any atom is 0.251 e. The molecule has 25 heavy (non-hydrogen) atoms. The number of nitrogens with two attached hydrogens (primary N) is 1. The Morgan fingerprint density at radius 3 is 2.32 bits per heavy atom. The largest absolute Gasteiger partial charge is 0.350 e. The highest BCUT2D eigenvalue weighted by molar-refractivity contribution is 5.94. The molecule has 1 aliphatic carbocycles. The Morgan fingerprint density at radius 2 is 1.76 bits per heavy atom. The zero-order valence-electron chi connectivity index (χ0n) is 14.8. The number of halogens is 2. The number of nitrogens with one attached hydrogen (secondary N) is 1. The molecule has 2 fully saturated rings. The molecule has 3 rings (SSSR count). The first-order valence-electron chi connectivity index (χ1n) is 8.65. The minimum absolute atomic E-state index is 0. The second-order valence-corrected chi connectivity index (χ2v) is 6.99. The van der Waals surface area contributed by atoms with Crippen LogP contribution in [0.2, 0.25) is 0 Å². The summed E-state index contributed by atoms with van der Waals surface area (Å²) >= 11 is 0. The SMILES string of the molecule is CN1CCN(Cc2ccc(C(=O)NCC(N)C3CC3)cc2)CC1.Cl.Cl. The molecule has 1 atom stereocenters. The molecule has 1 aromatic rings. The number of hydrogen-bond donors (Lipinski definition) is 2. The van der Waals surface area contributed by atoms with Crippen molar-refractivity contribution in [3.63, 3.8) is 0 Å². The van der Waals surface area contributed by atoms with E-state index in [1.807, 2.05) is 12.1 Å². The standard InChI is InChI=1S/C18H28N4O.2ClH/c1-21-8-10-22(11-9-21)13-14-2-4-16(5-3-14)18(23)20-12-17(19)15-6-7-15;;/h2-5,15,17H,6-13,19H2,1H3,(H,20,23);2*1H.